The van der Waals surface area contributed by atoms with Crippen LogP contribution in [-0.2, 0) is 6.42 Å². The van der Waals surface area contributed by atoms with Gasteiger partial charge in [-0.2, -0.15) is 0 Å². The van der Waals surface area contributed by atoms with Crippen molar-refractivity contribution in [2.75, 3.05) is 6.54 Å². The van der Waals surface area contributed by atoms with E-state index in [1.54, 1.807) is 24.4 Å². The molecule has 2 aromatic rings. The summed E-state index contributed by atoms with van der Waals surface area (Å²) in [4.78, 5) is 28.5. The van der Waals surface area contributed by atoms with Gasteiger partial charge < -0.3 is 5.32 Å². The topological polar surface area (TPSA) is 101 Å². The van der Waals surface area contributed by atoms with Crippen molar-refractivity contribution in [1.29, 1.82) is 0 Å². The Morgan fingerprint density at radius 2 is 2.35 bits per heavy atom. The number of nitrogens with zero attached hydrogens (tertiary/aromatic N) is 2. The molecule has 2 N–H and O–H groups in total. The fraction of sp³-hybridized carbons (Fsp3) is 0.200. The number of carbonyl (C=O) groups excluding carboxylic acids is 1. The standard InChI is InChI=1S/C10H10N4O3/c15-9(7-3-1-2-5-11-7)12-6-4-8-13-10(16)17-14-8/h1-3,5H,4,6H2,(H,12,15)(H,13,14,16). The third kappa shape index (κ3) is 3.00. The molecule has 0 atom stereocenters. The van der Waals surface area contributed by atoms with Crippen LogP contribution in [0.3, 0.4) is 0 Å². The summed E-state index contributed by atoms with van der Waals surface area (Å²) in [7, 11) is 0. The molecule has 0 aliphatic rings. The number of aromatic amines is 1. The van der Waals surface area contributed by atoms with Gasteiger partial charge in [0, 0.05) is 19.2 Å². The average molecular weight is 234 g/mol. The van der Waals surface area contributed by atoms with Crippen molar-refractivity contribution in [3.05, 3.63) is 46.5 Å². The van der Waals surface area contributed by atoms with Gasteiger partial charge in [-0.3, -0.25) is 19.3 Å². The van der Waals surface area contributed by atoms with Gasteiger partial charge in [-0.05, 0) is 12.1 Å². The summed E-state index contributed by atoms with van der Waals surface area (Å²) >= 11 is 0. The van der Waals surface area contributed by atoms with Crippen molar-refractivity contribution >= 4 is 5.91 Å². The van der Waals surface area contributed by atoms with E-state index in [4.69, 9.17) is 0 Å². The molecule has 0 saturated carbocycles. The van der Waals surface area contributed by atoms with Gasteiger partial charge in [-0.25, -0.2) is 4.79 Å². The second-order valence-corrected chi connectivity index (χ2v) is 3.26. The highest BCUT2D eigenvalue weighted by Gasteiger charge is 2.06. The van der Waals surface area contributed by atoms with Crippen LogP contribution in [0.25, 0.3) is 0 Å². The van der Waals surface area contributed by atoms with E-state index in [0.717, 1.165) is 0 Å². The van der Waals surface area contributed by atoms with Crippen LogP contribution in [-0.4, -0.2) is 27.6 Å². The predicted molar refractivity (Wildman–Crippen MR) is 57.4 cm³/mol. The number of amides is 1. The number of carbonyl (C=O) groups is 1. The van der Waals surface area contributed by atoms with Gasteiger partial charge in [0.05, 0.1) is 0 Å². The maximum Gasteiger partial charge on any atom is 0.438 e. The van der Waals surface area contributed by atoms with Crippen LogP contribution in [0.4, 0.5) is 0 Å². The Kier molecular flexibility index (Phi) is 3.29. The van der Waals surface area contributed by atoms with E-state index in [9.17, 15) is 9.59 Å². The van der Waals surface area contributed by atoms with Crippen molar-refractivity contribution in [3.63, 3.8) is 0 Å². The zero-order chi connectivity index (χ0) is 12.1. The van der Waals surface area contributed by atoms with Crippen LogP contribution in [0, 0.1) is 0 Å². The monoisotopic (exact) mass is 234 g/mol. The summed E-state index contributed by atoms with van der Waals surface area (Å²) < 4.78 is 4.32. The fourth-order valence-electron chi connectivity index (χ4n) is 1.25. The lowest BCUT2D eigenvalue weighted by Crippen LogP contribution is -2.26. The van der Waals surface area contributed by atoms with Gasteiger partial charge >= 0.3 is 5.76 Å². The molecular weight excluding hydrogens is 224 g/mol. The molecule has 7 nitrogen and oxygen atoms in total. The summed E-state index contributed by atoms with van der Waals surface area (Å²) in [6, 6.07) is 5.08. The Balaban J connectivity index is 1.83. The average Bonchev–Trinajstić information content (AvgIpc) is 2.76. The van der Waals surface area contributed by atoms with Crippen LogP contribution in [0.2, 0.25) is 0 Å². The normalized spacial score (nSPS) is 10.1. The van der Waals surface area contributed by atoms with E-state index >= 15 is 0 Å². The minimum Gasteiger partial charge on any atom is -0.350 e. The third-order valence-corrected chi connectivity index (χ3v) is 2.03. The van der Waals surface area contributed by atoms with Crippen LogP contribution >= 0.6 is 0 Å². The summed E-state index contributed by atoms with van der Waals surface area (Å²) in [5.74, 6) is -0.469. The van der Waals surface area contributed by atoms with E-state index < -0.39 is 5.76 Å². The SMILES string of the molecule is O=C(NCCc1noc(=O)[nH]1)c1ccccn1. The first-order valence-corrected chi connectivity index (χ1v) is 5.00. The highest BCUT2D eigenvalue weighted by Crippen LogP contribution is 1.93. The van der Waals surface area contributed by atoms with E-state index in [0.29, 0.717) is 24.5 Å². The molecule has 0 aromatic carbocycles. The highest BCUT2D eigenvalue weighted by molar-refractivity contribution is 5.92. The van der Waals surface area contributed by atoms with E-state index in [-0.39, 0.29) is 5.91 Å². The first kappa shape index (κ1) is 11.1. The number of H-pyrrole nitrogens is 1. The summed E-state index contributed by atoms with van der Waals surface area (Å²) in [6.45, 7) is 0.345. The van der Waals surface area contributed by atoms with Crippen molar-refractivity contribution in [1.82, 2.24) is 20.4 Å². The van der Waals surface area contributed by atoms with Crippen LogP contribution in [0.5, 0.6) is 0 Å². The van der Waals surface area contributed by atoms with Gasteiger partial charge in [0.2, 0.25) is 0 Å². The second-order valence-electron chi connectivity index (χ2n) is 3.26. The van der Waals surface area contributed by atoms with Gasteiger partial charge in [0.25, 0.3) is 5.91 Å². The zero-order valence-corrected chi connectivity index (χ0v) is 8.84. The summed E-state index contributed by atoms with van der Waals surface area (Å²) in [6.07, 6.45) is 1.94. The van der Waals surface area contributed by atoms with Crippen molar-refractivity contribution in [2.24, 2.45) is 0 Å². The third-order valence-electron chi connectivity index (χ3n) is 2.03. The van der Waals surface area contributed by atoms with Crippen molar-refractivity contribution in [3.8, 4) is 0 Å². The number of rotatable bonds is 4. The second kappa shape index (κ2) is 5.06. The molecule has 17 heavy (non-hydrogen) atoms. The molecule has 0 fully saturated rings. The van der Waals surface area contributed by atoms with Gasteiger partial charge in [-0.1, -0.05) is 11.2 Å². The van der Waals surface area contributed by atoms with Crippen molar-refractivity contribution in [2.45, 2.75) is 6.42 Å². The molecule has 1 amide bonds. The molecule has 0 radical (unpaired) electrons. The lowest BCUT2D eigenvalue weighted by atomic mass is 10.3. The largest absolute Gasteiger partial charge is 0.438 e. The van der Waals surface area contributed by atoms with Gasteiger partial charge in [0.15, 0.2) is 5.82 Å². The fourth-order valence-corrected chi connectivity index (χ4v) is 1.25. The molecule has 2 heterocycles. The molecule has 0 saturated heterocycles. The van der Waals surface area contributed by atoms with Crippen LogP contribution in [0.1, 0.15) is 16.3 Å². The maximum absolute atomic E-state index is 11.6. The number of hydrogen-bond donors (Lipinski definition) is 2. The van der Waals surface area contributed by atoms with Crippen molar-refractivity contribution < 1.29 is 9.32 Å². The minimum absolute atomic E-state index is 0.267. The minimum atomic E-state index is -0.601. The first-order chi connectivity index (χ1) is 8.25. The lowest BCUT2D eigenvalue weighted by molar-refractivity contribution is 0.0949. The van der Waals surface area contributed by atoms with E-state index in [1.807, 2.05) is 0 Å². The quantitative estimate of drug-likeness (QED) is 0.758. The number of hydrogen-bond acceptors (Lipinski definition) is 5. The Morgan fingerprint density at radius 3 is 3.00 bits per heavy atom. The van der Waals surface area contributed by atoms with E-state index in [1.165, 1.54) is 0 Å². The first-order valence-electron chi connectivity index (χ1n) is 5.00. The molecule has 0 aliphatic carbocycles. The molecule has 88 valence electrons. The molecule has 0 aliphatic heterocycles. The Bertz CT molecular complexity index is 546. The van der Waals surface area contributed by atoms with Crippen LogP contribution in [0.15, 0.2) is 33.7 Å². The highest BCUT2D eigenvalue weighted by atomic mass is 16.5. The summed E-state index contributed by atoms with van der Waals surface area (Å²) in [5.41, 5.74) is 0.348. The lowest BCUT2D eigenvalue weighted by Gasteiger charge is -2.01. The van der Waals surface area contributed by atoms with Gasteiger partial charge in [0.1, 0.15) is 5.69 Å². The maximum atomic E-state index is 11.6. The molecule has 0 spiro atoms. The molecule has 0 unspecified atom stereocenters. The molecule has 7 heteroatoms. The molecule has 2 rings (SSSR count). The number of aromatic nitrogens is 3. The number of nitrogens with one attached hydrogen (secondary N) is 2. The van der Waals surface area contributed by atoms with Gasteiger partial charge in [-0.15, -0.1) is 0 Å². The Morgan fingerprint density at radius 1 is 1.47 bits per heavy atom. The summed E-state index contributed by atoms with van der Waals surface area (Å²) in [5, 5.41) is 6.13. The molecule has 2 aromatic heterocycles. The molecule has 0 bridgehead atoms. The zero-order valence-electron chi connectivity index (χ0n) is 8.84. The van der Waals surface area contributed by atoms with E-state index in [2.05, 4.69) is 25.0 Å². The Labute approximate surface area is 95.9 Å². The molecular formula is C10H10N4O3. The Hall–Kier alpha value is -2.44. The van der Waals surface area contributed by atoms with Crippen LogP contribution < -0.4 is 11.1 Å². The smallest absolute Gasteiger partial charge is 0.350 e. The number of pyridine rings is 1. The predicted octanol–water partition coefficient (Wildman–Crippen LogP) is -0.270.